The summed E-state index contributed by atoms with van der Waals surface area (Å²) < 4.78 is 29.8. The van der Waals surface area contributed by atoms with Crippen LogP contribution >= 0.6 is 0 Å². The van der Waals surface area contributed by atoms with Crippen molar-refractivity contribution in [3.63, 3.8) is 0 Å². The molecular weight excluding hydrogens is 588 g/mol. The van der Waals surface area contributed by atoms with Crippen LogP contribution in [0.5, 0.6) is 0 Å². The van der Waals surface area contributed by atoms with E-state index < -0.39 is 10.0 Å². The Morgan fingerprint density at radius 2 is 1.67 bits per heavy atom. The second-order valence-electron chi connectivity index (χ2n) is 11.7. The number of fused-ring (bicyclic) bond motifs is 1. The van der Waals surface area contributed by atoms with Crippen LogP contribution in [-0.2, 0) is 29.6 Å². The Morgan fingerprint density at radius 1 is 0.933 bits per heavy atom. The zero-order chi connectivity index (χ0) is 31.4. The van der Waals surface area contributed by atoms with Crippen molar-refractivity contribution < 1.29 is 18.3 Å². The van der Waals surface area contributed by atoms with Crippen LogP contribution < -0.4 is 26.6 Å². The topological polar surface area (TPSA) is 140 Å². The molecular formula is C34H40N6O4S. The molecule has 0 bridgehead atoms. The largest absolute Gasteiger partial charge is 0.392 e. The van der Waals surface area contributed by atoms with Crippen LogP contribution in [0.3, 0.4) is 0 Å². The monoisotopic (exact) mass is 628 g/mol. The van der Waals surface area contributed by atoms with Crippen LogP contribution in [0.4, 0.5) is 10.5 Å². The lowest BCUT2D eigenvalue weighted by Crippen LogP contribution is -2.51. The number of aryl methyl sites for hydroxylation is 1. The molecule has 11 heteroatoms. The molecule has 1 unspecified atom stereocenters. The van der Waals surface area contributed by atoms with Crippen molar-refractivity contribution >= 4 is 27.4 Å². The first kappa shape index (κ1) is 31.0. The summed E-state index contributed by atoms with van der Waals surface area (Å²) in [7, 11) is -3.74. The molecule has 236 valence electrons. The fourth-order valence-electron chi connectivity index (χ4n) is 6.17. The maximum Gasteiger partial charge on any atom is 0.327 e. The maximum absolute atomic E-state index is 14.0. The van der Waals surface area contributed by atoms with E-state index in [0.29, 0.717) is 19.5 Å². The number of sulfonamides is 1. The van der Waals surface area contributed by atoms with Crippen LogP contribution in [0.25, 0.3) is 5.70 Å². The van der Waals surface area contributed by atoms with E-state index in [4.69, 9.17) is 5.73 Å². The minimum absolute atomic E-state index is 0.0127. The molecule has 3 aromatic carbocycles. The number of nitrogens with one attached hydrogen (secondary N) is 3. The number of carbonyl (C=O) groups is 1. The van der Waals surface area contributed by atoms with Gasteiger partial charge >= 0.3 is 6.03 Å². The van der Waals surface area contributed by atoms with Crippen molar-refractivity contribution in [2.45, 2.75) is 55.9 Å². The summed E-state index contributed by atoms with van der Waals surface area (Å²) in [6.45, 7) is 2.42. The number of urea groups is 1. The van der Waals surface area contributed by atoms with Crippen LogP contribution in [-0.4, -0.2) is 55.7 Å². The van der Waals surface area contributed by atoms with Gasteiger partial charge in [0.25, 0.3) is 0 Å². The molecule has 1 atom stereocenters. The van der Waals surface area contributed by atoms with Gasteiger partial charge in [0, 0.05) is 36.6 Å². The Kier molecular flexibility index (Phi) is 9.34. The third kappa shape index (κ3) is 6.82. The van der Waals surface area contributed by atoms with E-state index in [2.05, 4.69) is 16.0 Å². The smallest absolute Gasteiger partial charge is 0.327 e. The van der Waals surface area contributed by atoms with Gasteiger partial charge in [-0.3, -0.25) is 4.90 Å². The second kappa shape index (κ2) is 13.6. The molecule has 1 fully saturated rings. The summed E-state index contributed by atoms with van der Waals surface area (Å²) in [5.74, 6) is 0. The molecule has 45 heavy (non-hydrogen) atoms. The lowest BCUT2D eigenvalue weighted by Gasteiger charge is -2.34. The molecule has 3 heterocycles. The third-order valence-corrected chi connectivity index (χ3v) is 10.6. The lowest BCUT2D eigenvalue weighted by molar-refractivity contribution is 0.244. The van der Waals surface area contributed by atoms with E-state index in [9.17, 15) is 18.3 Å². The number of anilines is 1. The Bertz CT molecular complexity index is 1680. The highest BCUT2D eigenvalue weighted by Gasteiger charge is 2.33. The van der Waals surface area contributed by atoms with E-state index >= 15 is 0 Å². The third-order valence-electron chi connectivity index (χ3n) is 8.66. The van der Waals surface area contributed by atoms with Crippen LogP contribution in [0.1, 0.15) is 41.5 Å². The molecule has 6 rings (SSSR count). The van der Waals surface area contributed by atoms with Gasteiger partial charge in [-0.2, -0.15) is 4.31 Å². The fraction of sp³-hybridized carbons (Fsp3) is 0.324. The average molecular weight is 629 g/mol. The molecule has 6 N–H and O–H groups in total. The molecule has 2 amide bonds. The van der Waals surface area contributed by atoms with Crippen molar-refractivity contribution in [2.75, 3.05) is 24.5 Å². The zero-order valence-electron chi connectivity index (χ0n) is 25.2. The van der Waals surface area contributed by atoms with Gasteiger partial charge in [0.15, 0.2) is 0 Å². The summed E-state index contributed by atoms with van der Waals surface area (Å²) >= 11 is 0. The summed E-state index contributed by atoms with van der Waals surface area (Å²) in [4.78, 5) is 14.7. The van der Waals surface area contributed by atoms with E-state index in [0.717, 1.165) is 71.6 Å². The first-order valence-electron chi connectivity index (χ1n) is 15.5. The Labute approximate surface area is 264 Å². The molecule has 0 spiro atoms. The van der Waals surface area contributed by atoms with Gasteiger partial charge in [-0.1, -0.05) is 48.5 Å². The number of nitrogens with zero attached hydrogens (tertiary/aromatic N) is 2. The maximum atomic E-state index is 14.0. The van der Waals surface area contributed by atoms with Crippen molar-refractivity contribution in [3.05, 3.63) is 113 Å². The van der Waals surface area contributed by atoms with Gasteiger partial charge in [0.05, 0.1) is 17.2 Å². The fourth-order valence-corrected chi connectivity index (χ4v) is 7.90. The zero-order valence-corrected chi connectivity index (χ0v) is 26.0. The van der Waals surface area contributed by atoms with Crippen molar-refractivity contribution in [1.82, 2.24) is 20.3 Å². The quantitative estimate of drug-likeness (QED) is 0.219. The average Bonchev–Trinajstić information content (AvgIpc) is 3.49. The molecule has 0 aromatic heterocycles. The lowest BCUT2D eigenvalue weighted by atomic mass is 10.0. The molecule has 1 saturated heterocycles. The SMILES string of the molecule is NCc1ccc(N2C=C3C=C(c4ccc(S(=O)(=O)N(CCCc5cccc(CO)c5)C5CCNCC5)cc4)NC3NC2=O)cc1. The Balaban J connectivity index is 1.18. The van der Waals surface area contributed by atoms with Gasteiger partial charge in [-0.05, 0) is 91.4 Å². The first-order valence-corrected chi connectivity index (χ1v) is 16.9. The van der Waals surface area contributed by atoms with Crippen molar-refractivity contribution in [2.24, 2.45) is 5.73 Å². The second-order valence-corrected chi connectivity index (χ2v) is 13.5. The number of aliphatic hydroxyl groups excluding tert-OH is 1. The Hall–Kier alpha value is -4.00. The van der Waals surface area contributed by atoms with Gasteiger partial charge < -0.3 is 26.8 Å². The predicted molar refractivity (Wildman–Crippen MR) is 175 cm³/mol. The standard InChI is InChI=1S/C34H40N6O4S/c35-21-25-6-10-29(11-7-25)39-22-28-20-32(37-33(28)38-34(39)42)27-8-12-31(13-9-27)45(43,44)40(30-14-16-36-17-15-30)18-2-5-24-3-1-4-26(19-24)23-41/h1,3-4,6-13,19-20,22,30,33,36-37,41H,2,5,14-18,21,23,35H2,(H,38,42). The number of piperidine rings is 1. The highest BCUT2D eigenvalue weighted by atomic mass is 32.2. The summed E-state index contributed by atoms with van der Waals surface area (Å²) in [6, 6.07) is 22.0. The number of nitrogens with two attached hydrogens (primary N) is 1. The summed E-state index contributed by atoms with van der Waals surface area (Å²) in [5.41, 5.74) is 11.9. The molecule has 10 nitrogen and oxygen atoms in total. The number of hydrogen-bond donors (Lipinski definition) is 5. The predicted octanol–water partition coefficient (Wildman–Crippen LogP) is 3.40. The molecule has 3 aliphatic rings. The highest BCUT2D eigenvalue weighted by Crippen LogP contribution is 2.30. The number of hydrogen-bond acceptors (Lipinski definition) is 7. The van der Waals surface area contributed by atoms with E-state index in [1.807, 2.05) is 72.9 Å². The van der Waals surface area contributed by atoms with Crippen molar-refractivity contribution in [3.8, 4) is 0 Å². The van der Waals surface area contributed by atoms with Crippen LogP contribution in [0.15, 0.2) is 95.5 Å². The minimum atomic E-state index is -3.74. The normalized spacial score (nSPS) is 18.7. The summed E-state index contributed by atoms with van der Waals surface area (Å²) in [5, 5.41) is 19.2. The number of rotatable bonds is 11. The van der Waals surface area contributed by atoms with Crippen LogP contribution in [0.2, 0.25) is 0 Å². The molecule has 0 saturated carbocycles. The number of amides is 2. The van der Waals surface area contributed by atoms with E-state index in [1.54, 1.807) is 21.3 Å². The number of carbonyl (C=O) groups excluding carboxylic acids is 1. The van der Waals surface area contributed by atoms with Gasteiger partial charge in [0.2, 0.25) is 10.0 Å². The molecule has 0 radical (unpaired) electrons. The van der Waals surface area contributed by atoms with E-state index in [1.165, 1.54) is 0 Å². The highest BCUT2D eigenvalue weighted by molar-refractivity contribution is 7.89. The summed E-state index contributed by atoms with van der Waals surface area (Å²) in [6.07, 6.45) is 6.37. The molecule has 3 aliphatic heterocycles. The minimum Gasteiger partial charge on any atom is -0.392 e. The number of benzene rings is 3. The van der Waals surface area contributed by atoms with Gasteiger partial charge in [-0.15, -0.1) is 0 Å². The van der Waals surface area contributed by atoms with E-state index in [-0.39, 0.29) is 29.7 Å². The van der Waals surface area contributed by atoms with Crippen molar-refractivity contribution in [1.29, 1.82) is 0 Å². The molecule has 0 aliphatic carbocycles. The molecule has 3 aromatic rings. The van der Waals surface area contributed by atoms with Gasteiger partial charge in [0.1, 0.15) is 6.17 Å². The first-order chi connectivity index (χ1) is 21.9. The van der Waals surface area contributed by atoms with Gasteiger partial charge in [-0.25, -0.2) is 13.2 Å². The van der Waals surface area contributed by atoms with Crippen LogP contribution in [0, 0.1) is 0 Å². The Morgan fingerprint density at radius 3 is 2.38 bits per heavy atom. The number of aliphatic hydroxyl groups is 1.